The molecule has 0 fully saturated rings. The van der Waals surface area contributed by atoms with E-state index >= 15 is 0 Å². The summed E-state index contributed by atoms with van der Waals surface area (Å²) in [6.45, 7) is 1.38. The fourth-order valence-electron chi connectivity index (χ4n) is 2.77. The molecule has 0 radical (unpaired) electrons. The van der Waals surface area contributed by atoms with Crippen molar-refractivity contribution in [2.45, 2.75) is 0 Å². The van der Waals surface area contributed by atoms with E-state index in [1.165, 1.54) is 4.90 Å². The summed E-state index contributed by atoms with van der Waals surface area (Å²) in [4.78, 5) is 28.0. The predicted octanol–water partition coefficient (Wildman–Crippen LogP) is 2.99. The highest BCUT2D eigenvalue weighted by atomic mass is 79.9. The number of rotatable bonds is 4. The first kappa shape index (κ1) is 18.3. The zero-order chi connectivity index (χ0) is 18.7. The maximum Gasteiger partial charge on any atom is 0.253 e. The minimum Gasteiger partial charge on any atom is -0.490 e. The number of amides is 2. The summed E-state index contributed by atoms with van der Waals surface area (Å²) >= 11 is 3.45. The molecule has 136 valence electrons. The Morgan fingerprint density at radius 1 is 1.23 bits per heavy atom. The number of benzene rings is 2. The second-order valence-electron chi connectivity index (χ2n) is 6.21. The Morgan fingerprint density at radius 2 is 2.04 bits per heavy atom. The average molecular weight is 418 g/mol. The molecule has 1 aliphatic rings. The van der Waals surface area contributed by atoms with Gasteiger partial charge in [0.15, 0.2) is 0 Å². The summed E-state index contributed by atoms with van der Waals surface area (Å²) in [6.07, 6.45) is 0. The van der Waals surface area contributed by atoms with Crippen molar-refractivity contribution in [2.24, 2.45) is 0 Å². The molecule has 1 N–H and O–H groups in total. The Bertz CT molecular complexity index is 839. The van der Waals surface area contributed by atoms with Gasteiger partial charge in [-0.25, -0.2) is 0 Å². The lowest BCUT2D eigenvalue weighted by atomic mass is 10.2. The SMILES string of the molecule is CN(C)C(=O)c1cccc(NC(=O)CN2CCOc3ccc(Br)cc32)c1. The molecule has 3 rings (SSSR count). The molecule has 6 nitrogen and oxygen atoms in total. The van der Waals surface area contributed by atoms with E-state index in [1.54, 1.807) is 38.4 Å². The summed E-state index contributed by atoms with van der Waals surface area (Å²) in [7, 11) is 3.39. The van der Waals surface area contributed by atoms with Gasteiger partial charge in [-0.3, -0.25) is 9.59 Å². The van der Waals surface area contributed by atoms with E-state index in [-0.39, 0.29) is 18.4 Å². The standard InChI is InChI=1S/C19H20BrN3O3/c1-22(2)19(25)13-4-3-5-15(10-13)21-18(24)12-23-8-9-26-17-7-6-14(20)11-16(17)23/h3-7,10-11H,8-9,12H2,1-2H3,(H,21,24). The van der Waals surface area contributed by atoms with Gasteiger partial charge in [0.1, 0.15) is 12.4 Å². The summed E-state index contributed by atoms with van der Waals surface area (Å²) in [5.74, 6) is 0.520. The van der Waals surface area contributed by atoms with Crippen molar-refractivity contribution >= 4 is 39.1 Å². The molecule has 0 bridgehead atoms. The van der Waals surface area contributed by atoms with Gasteiger partial charge in [0.05, 0.1) is 18.8 Å². The zero-order valence-corrected chi connectivity index (χ0v) is 16.2. The van der Waals surface area contributed by atoms with Gasteiger partial charge in [0.25, 0.3) is 5.91 Å². The van der Waals surface area contributed by atoms with Crippen LogP contribution in [-0.2, 0) is 4.79 Å². The maximum atomic E-state index is 12.5. The molecule has 1 heterocycles. The van der Waals surface area contributed by atoms with Crippen LogP contribution >= 0.6 is 15.9 Å². The number of carbonyl (C=O) groups excluding carboxylic acids is 2. The number of anilines is 2. The van der Waals surface area contributed by atoms with Crippen molar-refractivity contribution < 1.29 is 14.3 Å². The van der Waals surface area contributed by atoms with Crippen molar-refractivity contribution in [3.63, 3.8) is 0 Å². The minimum absolute atomic E-state index is 0.104. The van der Waals surface area contributed by atoms with E-state index in [4.69, 9.17) is 4.74 Å². The molecule has 2 amide bonds. The van der Waals surface area contributed by atoms with Gasteiger partial charge in [-0.15, -0.1) is 0 Å². The molecule has 0 unspecified atom stereocenters. The maximum absolute atomic E-state index is 12.5. The number of hydrogen-bond donors (Lipinski definition) is 1. The number of ether oxygens (including phenoxy) is 1. The minimum atomic E-state index is -0.146. The van der Waals surface area contributed by atoms with E-state index < -0.39 is 0 Å². The average Bonchev–Trinajstić information content (AvgIpc) is 2.61. The molecule has 26 heavy (non-hydrogen) atoms. The fourth-order valence-corrected chi connectivity index (χ4v) is 3.12. The fraction of sp³-hybridized carbons (Fsp3) is 0.263. The van der Waals surface area contributed by atoms with Crippen LogP contribution < -0.4 is 15.0 Å². The van der Waals surface area contributed by atoms with Gasteiger partial charge < -0.3 is 19.9 Å². The highest BCUT2D eigenvalue weighted by Gasteiger charge is 2.20. The number of nitrogens with one attached hydrogen (secondary N) is 1. The van der Waals surface area contributed by atoms with Crippen LogP contribution in [0.25, 0.3) is 0 Å². The lowest BCUT2D eigenvalue weighted by Crippen LogP contribution is -2.38. The van der Waals surface area contributed by atoms with E-state index in [2.05, 4.69) is 21.2 Å². The Balaban J connectivity index is 1.70. The highest BCUT2D eigenvalue weighted by Crippen LogP contribution is 2.33. The van der Waals surface area contributed by atoms with Crippen molar-refractivity contribution in [1.29, 1.82) is 0 Å². The van der Waals surface area contributed by atoms with Gasteiger partial charge in [0.2, 0.25) is 5.91 Å². The first-order chi connectivity index (χ1) is 12.4. The molecule has 7 heteroatoms. The van der Waals surface area contributed by atoms with Crippen molar-refractivity contribution in [1.82, 2.24) is 4.90 Å². The van der Waals surface area contributed by atoms with Crippen molar-refractivity contribution in [3.05, 3.63) is 52.5 Å². The molecule has 0 aliphatic carbocycles. The number of halogens is 1. The van der Waals surface area contributed by atoms with Crippen LogP contribution in [0.1, 0.15) is 10.4 Å². The van der Waals surface area contributed by atoms with Crippen molar-refractivity contribution in [2.75, 3.05) is 44.0 Å². The number of nitrogens with zero attached hydrogens (tertiary/aromatic N) is 2. The van der Waals surface area contributed by atoms with Crippen molar-refractivity contribution in [3.8, 4) is 5.75 Å². The van der Waals surface area contributed by atoms with Gasteiger partial charge in [-0.2, -0.15) is 0 Å². The van der Waals surface area contributed by atoms with E-state index in [9.17, 15) is 9.59 Å². The molecular weight excluding hydrogens is 398 g/mol. The second kappa shape index (κ2) is 7.78. The van der Waals surface area contributed by atoms with Gasteiger partial charge in [-0.1, -0.05) is 22.0 Å². The third-order valence-electron chi connectivity index (χ3n) is 4.01. The van der Waals surface area contributed by atoms with Crippen LogP contribution in [0.15, 0.2) is 46.9 Å². The molecule has 0 saturated carbocycles. The molecule has 0 saturated heterocycles. The first-order valence-electron chi connectivity index (χ1n) is 8.23. The van der Waals surface area contributed by atoms with Crippen LogP contribution in [0.2, 0.25) is 0 Å². The molecule has 0 spiro atoms. The third kappa shape index (κ3) is 4.16. The third-order valence-corrected chi connectivity index (χ3v) is 4.51. The van der Waals surface area contributed by atoms with Crippen LogP contribution in [0.5, 0.6) is 5.75 Å². The Morgan fingerprint density at radius 3 is 2.81 bits per heavy atom. The molecule has 0 aromatic heterocycles. The topological polar surface area (TPSA) is 61.9 Å². The van der Waals surface area contributed by atoms with Gasteiger partial charge in [0, 0.05) is 29.8 Å². The van der Waals surface area contributed by atoms with E-state index in [1.807, 2.05) is 23.1 Å². The highest BCUT2D eigenvalue weighted by molar-refractivity contribution is 9.10. The van der Waals surface area contributed by atoms with Crippen LogP contribution in [0.3, 0.4) is 0 Å². The quantitative estimate of drug-likeness (QED) is 0.830. The molecule has 2 aromatic rings. The van der Waals surface area contributed by atoms with Gasteiger partial charge >= 0.3 is 0 Å². The monoisotopic (exact) mass is 417 g/mol. The van der Waals surface area contributed by atoms with Gasteiger partial charge in [-0.05, 0) is 36.4 Å². The smallest absolute Gasteiger partial charge is 0.253 e. The zero-order valence-electron chi connectivity index (χ0n) is 14.7. The Kier molecular flexibility index (Phi) is 5.46. The van der Waals surface area contributed by atoms with Crippen LogP contribution in [-0.4, -0.2) is 50.5 Å². The van der Waals surface area contributed by atoms with Crippen LogP contribution in [0.4, 0.5) is 11.4 Å². The largest absolute Gasteiger partial charge is 0.490 e. The molecule has 1 aliphatic heterocycles. The lowest BCUT2D eigenvalue weighted by Gasteiger charge is -2.30. The Hall–Kier alpha value is -2.54. The lowest BCUT2D eigenvalue weighted by molar-refractivity contribution is -0.115. The summed E-state index contributed by atoms with van der Waals surface area (Å²) in [5, 5.41) is 2.86. The Labute approximate surface area is 160 Å². The van der Waals surface area contributed by atoms with E-state index in [0.29, 0.717) is 24.4 Å². The predicted molar refractivity (Wildman–Crippen MR) is 105 cm³/mol. The molecule has 2 aromatic carbocycles. The summed E-state index contributed by atoms with van der Waals surface area (Å²) < 4.78 is 6.57. The second-order valence-corrected chi connectivity index (χ2v) is 7.13. The molecular formula is C19H20BrN3O3. The normalized spacial score (nSPS) is 12.8. The number of fused-ring (bicyclic) bond motifs is 1. The van der Waals surface area contributed by atoms with E-state index in [0.717, 1.165) is 15.9 Å². The summed E-state index contributed by atoms with van der Waals surface area (Å²) in [6, 6.07) is 12.7. The summed E-state index contributed by atoms with van der Waals surface area (Å²) in [5.41, 5.74) is 2.02. The first-order valence-corrected chi connectivity index (χ1v) is 9.02. The number of carbonyl (C=O) groups is 2. The van der Waals surface area contributed by atoms with Crippen LogP contribution in [0, 0.1) is 0 Å². The number of hydrogen-bond acceptors (Lipinski definition) is 4. The molecule has 0 atom stereocenters.